The first kappa shape index (κ1) is 17.8. The molecule has 0 bridgehead atoms. The van der Waals surface area contributed by atoms with E-state index in [0.717, 1.165) is 32.1 Å². The summed E-state index contributed by atoms with van der Waals surface area (Å²) in [5, 5.41) is 20.8. The first-order valence-corrected chi connectivity index (χ1v) is 10.1. The molecule has 3 aliphatic rings. The van der Waals surface area contributed by atoms with Gasteiger partial charge in [0.25, 0.3) is 0 Å². The molecule has 0 spiro atoms. The summed E-state index contributed by atoms with van der Waals surface area (Å²) in [6.07, 6.45) is 5.03. The maximum atomic E-state index is 12.0. The third kappa shape index (κ3) is 2.74. The molecule has 3 aliphatic carbocycles. The van der Waals surface area contributed by atoms with E-state index in [1.807, 2.05) is 19.1 Å². The van der Waals surface area contributed by atoms with Crippen molar-refractivity contribution in [3.63, 3.8) is 0 Å². The van der Waals surface area contributed by atoms with Crippen LogP contribution >= 0.6 is 0 Å². The van der Waals surface area contributed by atoms with Crippen molar-refractivity contribution in [2.24, 2.45) is 23.2 Å². The number of fused-ring (bicyclic) bond motifs is 5. The lowest BCUT2D eigenvalue weighted by Gasteiger charge is -2.50. The van der Waals surface area contributed by atoms with Gasteiger partial charge in [-0.05, 0) is 91.4 Å². The van der Waals surface area contributed by atoms with Crippen molar-refractivity contribution >= 4 is 5.97 Å². The van der Waals surface area contributed by atoms with Gasteiger partial charge in [-0.25, -0.2) is 0 Å². The summed E-state index contributed by atoms with van der Waals surface area (Å²) in [4.78, 5) is 12.0. The maximum Gasteiger partial charge on any atom is 0.306 e. The first-order chi connectivity index (χ1) is 12.4. The van der Waals surface area contributed by atoms with E-state index in [-0.39, 0.29) is 17.3 Å². The van der Waals surface area contributed by atoms with Gasteiger partial charge in [-0.3, -0.25) is 4.79 Å². The van der Waals surface area contributed by atoms with Crippen LogP contribution in [0, 0.1) is 23.2 Å². The molecule has 1 aromatic carbocycles. The van der Waals surface area contributed by atoms with Gasteiger partial charge < -0.3 is 14.9 Å². The topological polar surface area (TPSA) is 66.8 Å². The molecule has 2 saturated carbocycles. The molecule has 0 aromatic heterocycles. The van der Waals surface area contributed by atoms with Crippen LogP contribution in [0.1, 0.15) is 63.0 Å². The van der Waals surface area contributed by atoms with Crippen molar-refractivity contribution < 1.29 is 19.7 Å². The lowest BCUT2D eigenvalue weighted by atomic mass is 9.55. The van der Waals surface area contributed by atoms with Gasteiger partial charge in [0, 0.05) is 0 Å². The summed E-state index contributed by atoms with van der Waals surface area (Å²) < 4.78 is 5.13. The third-order valence-electron chi connectivity index (χ3n) is 7.56. The fourth-order valence-electron chi connectivity index (χ4n) is 6.35. The largest absolute Gasteiger partial charge is 0.508 e. The van der Waals surface area contributed by atoms with E-state index >= 15 is 0 Å². The number of hydrogen-bond donors (Lipinski definition) is 2. The molecule has 1 aromatic rings. The Kier molecular flexibility index (Phi) is 4.50. The molecule has 4 rings (SSSR count). The fraction of sp³-hybridized carbons (Fsp3) is 0.682. The minimum atomic E-state index is -0.418. The van der Waals surface area contributed by atoms with Crippen LogP contribution in [-0.2, 0) is 16.0 Å². The zero-order chi connectivity index (χ0) is 18.5. The number of ether oxygens (including phenoxy) is 1. The van der Waals surface area contributed by atoms with E-state index in [4.69, 9.17) is 4.74 Å². The van der Waals surface area contributed by atoms with E-state index in [2.05, 4.69) is 13.0 Å². The minimum Gasteiger partial charge on any atom is -0.508 e. The number of phenolic OH excluding ortho intramolecular Hbond substituents is 1. The van der Waals surface area contributed by atoms with Gasteiger partial charge in [0.15, 0.2) is 0 Å². The average Bonchev–Trinajstić information content (AvgIpc) is 2.86. The van der Waals surface area contributed by atoms with Crippen LogP contribution in [0.15, 0.2) is 18.2 Å². The maximum absolute atomic E-state index is 12.0. The Balaban J connectivity index is 1.58. The lowest BCUT2D eigenvalue weighted by Crippen LogP contribution is -2.44. The number of carbonyl (C=O) groups excluding carboxylic acids is 1. The van der Waals surface area contributed by atoms with E-state index < -0.39 is 6.10 Å². The molecule has 4 heteroatoms. The highest BCUT2D eigenvalue weighted by Gasteiger charge is 2.58. The van der Waals surface area contributed by atoms with Crippen LogP contribution in [0.25, 0.3) is 0 Å². The Morgan fingerprint density at radius 1 is 1.35 bits per heavy atom. The summed E-state index contributed by atoms with van der Waals surface area (Å²) in [6, 6.07) is 5.83. The van der Waals surface area contributed by atoms with Crippen LogP contribution in [0.3, 0.4) is 0 Å². The van der Waals surface area contributed by atoms with Gasteiger partial charge in [-0.2, -0.15) is 0 Å². The number of phenols is 1. The predicted octanol–water partition coefficient (Wildman–Crippen LogP) is 3.79. The van der Waals surface area contributed by atoms with Gasteiger partial charge in [-0.1, -0.05) is 13.0 Å². The Bertz CT molecular complexity index is 699. The number of aliphatic hydroxyl groups is 1. The van der Waals surface area contributed by atoms with Crippen molar-refractivity contribution in [2.45, 2.75) is 64.4 Å². The Morgan fingerprint density at radius 2 is 2.15 bits per heavy atom. The molecule has 26 heavy (non-hydrogen) atoms. The van der Waals surface area contributed by atoms with E-state index in [1.54, 1.807) is 0 Å². The number of aliphatic hydroxyl groups excluding tert-OH is 1. The Morgan fingerprint density at radius 3 is 2.92 bits per heavy atom. The molecule has 0 aliphatic heterocycles. The zero-order valence-corrected chi connectivity index (χ0v) is 15.8. The van der Waals surface area contributed by atoms with Gasteiger partial charge in [0.05, 0.1) is 19.1 Å². The number of esters is 1. The summed E-state index contributed by atoms with van der Waals surface area (Å²) in [7, 11) is 0. The lowest BCUT2D eigenvalue weighted by molar-refractivity contribution is -0.145. The van der Waals surface area contributed by atoms with Gasteiger partial charge in [-0.15, -0.1) is 0 Å². The molecular weight excluding hydrogens is 328 g/mol. The van der Waals surface area contributed by atoms with Gasteiger partial charge >= 0.3 is 5.97 Å². The molecule has 0 saturated heterocycles. The van der Waals surface area contributed by atoms with Crippen LogP contribution in [0.4, 0.5) is 0 Å². The van der Waals surface area contributed by atoms with Gasteiger partial charge in [0.2, 0.25) is 0 Å². The second kappa shape index (κ2) is 6.56. The molecule has 2 N–H and O–H groups in total. The number of hydrogen-bond acceptors (Lipinski definition) is 4. The fourth-order valence-corrected chi connectivity index (χ4v) is 6.35. The van der Waals surface area contributed by atoms with Crippen LogP contribution in [-0.4, -0.2) is 28.9 Å². The summed E-state index contributed by atoms with van der Waals surface area (Å²) in [6.45, 7) is 4.46. The number of aromatic hydroxyl groups is 1. The van der Waals surface area contributed by atoms with Gasteiger partial charge in [0.1, 0.15) is 5.75 Å². The second-order valence-electron chi connectivity index (χ2n) is 8.79. The summed E-state index contributed by atoms with van der Waals surface area (Å²) in [5.74, 6) is 1.73. The predicted molar refractivity (Wildman–Crippen MR) is 98.9 cm³/mol. The monoisotopic (exact) mass is 358 g/mol. The molecular formula is C22H30O4. The standard InChI is InChI=1S/C22H30O4/c1-3-26-20(24)12-14-11-19-18-6-4-13-10-15(23)5-7-16(13)17(18)8-9-22(19,2)21(14)25/h5,7,10,14,17-19,21,23,25H,3-4,6,8-9,11-12H2,1-2H3/t14-,17+,18+,19-,21-,22-/m0/s1. The molecule has 0 unspecified atom stereocenters. The molecule has 0 heterocycles. The van der Waals surface area contributed by atoms with E-state index in [0.29, 0.717) is 36.5 Å². The average molecular weight is 358 g/mol. The highest BCUT2D eigenvalue weighted by molar-refractivity contribution is 5.69. The van der Waals surface area contributed by atoms with Crippen molar-refractivity contribution in [3.05, 3.63) is 29.3 Å². The molecule has 2 fully saturated rings. The highest BCUT2D eigenvalue weighted by Crippen LogP contribution is 2.62. The first-order valence-electron chi connectivity index (χ1n) is 10.1. The number of rotatable bonds is 3. The second-order valence-corrected chi connectivity index (χ2v) is 8.79. The van der Waals surface area contributed by atoms with Crippen molar-refractivity contribution in [3.8, 4) is 5.75 Å². The summed E-state index contributed by atoms with van der Waals surface area (Å²) >= 11 is 0. The molecule has 0 radical (unpaired) electrons. The zero-order valence-electron chi connectivity index (χ0n) is 15.8. The normalized spacial score (nSPS) is 38.2. The molecule has 6 atom stereocenters. The van der Waals surface area contributed by atoms with Crippen molar-refractivity contribution in [2.75, 3.05) is 6.61 Å². The smallest absolute Gasteiger partial charge is 0.306 e. The third-order valence-corrected chi connectivity index (χ3v) is 7.56. The van der Waals surface area contributed by atoms with E-state index in [1.165, 1.54) is 11.1 Å². The molecule has 0 amide bonds. The van der Waals surface area contributed by atoms with Crippen molar-refractivity contribution in [1.29, 1.82) is 0 Å². The Hall–Kier alpha value is -1.55. The SMILES string of the molecule is CCOC(=O)C[C@@H]1C[C@H]2[C@@H]3CCc4cc(O)ccc4[C@H]3CC[C@]2(C)[C@H]1O. The van der Waals surface area contributed by atoms with Crippen molar-refractivity contribution in [1.82, 2.24) is 0 Å². The number of aryl methyl sites for hydroxylation is 1. The number of carbonyl (C=O) groups is 1. The minimum absolute atomic E-state index is 0.0176. The van der Waals surface area contributed by atoms with Crippen LogP contribution in [0.5, 0.6) is 5.75 Å². The Labute approximate surface area is 155 Å². The molecule has 142 valence electrons. The molecule has 4 nitrogen and oxygen atoms in total. The van der Waals surface area contributed by atoms with E-state index in [9.17, 15) is 15.0 Å². The highest BCUT2D eigenvalue weighted by atomic mass is 16.5. The van der Waals surface area contributed by atoms with Crippen LogP contribution < -0.4 is 0 Å². The number of benzene rings is 1. The quantitative estimate of drug-likeness (QED) is 0.807. The summed E-state index contributed by atoms with van der Waals surface area (Å²) in [5.41, 5.74) is 2.59. The van der Waals surface area contributed by atoms with Crippen LogP contribution in [0.2, 0.25) is 0 Å².